The normalized spacial score (nSPS) is 16.5. The molecule has 0 spiro atoms. The summed E-state index contributed by atoms with van der Waals surface area (Å²) in [7, 11) is 0. The average Bonchev–Trinajstić information content (AvgIpc) is 2.55. The van der Waals surface area contributed by atoms with E-state index in [1.165, 1.54) is 18.5 Å². The number of pyridine rings is 1. The van der Waals surface area contributed by atoms with Crippen LogP contribution in [0.1, 0.15) is 34.1 Å². The third-order valence-corrected chi connectivity index (χ3v) is 2.64. The highest BCUT2D eigenvalue weighted by Gasteiger charge is 2.36. The molecule has 0 bridgehead atoms. The fraction of sp³-hybridized carbons (Fsp3) is 0.364. The van der Waals surface area contributed by atoms with E-state index in [2.05, 4.69) is 4.98 Å². The summed E-state index contributed by atoms with van der Waals surface area (Å²) in [5, 5.41) is 9.47. The fourth-order valence-electron chi connectivity index (χ4n) is 1.64. The van der Waals surface area contributed by atoms with Crippen molar-refractivity contribution in [2.45, 2.75) is 19.4 Å². The van der Waals surface area contributed by atoms with E-state index in [0.717, 1.165) is 4.90 Å². The Morgan fingerprint density at radius 1 is 1.38 bits per heavy atom. The van der Waals surface area contributed by atoms with Crippen LogP contribution >= 0.6 is 0 Å². The second-order valence-corrected chi connectivity index (χ2v) is 3.70. The van der Waals surface area contributed by atoms with Gasteiger partial charge in [0.05, 0.1) is 23.8 Å². The van der Waals surface area contributed by atoms with Crippen LogP contribution in [0.2, 0.25) is 0 Å². The molecule has 0 fully saturated rings. The first-order valence-corrected chi connectivity index (χ1v) is 5.13. The number of hydrogen-bond donors (Lipinski definition) is 1. The Kier molecular flexibility index (Phi) is 2.70. The van der Waals surface area contributed by atoms with Gasteiger partial charge in [-0.2, -0.15) is 0 Å². The minimum Gasteiger partial charge on any atom is -0.391 e. The summed E-state index contributed by atoms with van der Waals surface area (Å²) in [5.41, 5.74) is 0.680. The maximum absolute atomic E-state index is 11.8. The highest BCUT2D eigenvalue weighted by Crippen LogP contribution is 2.21. The summed E-state index contributed by atoms with van der Waals surface area (Å²) in [4.78, 5) is 28.5. The lowest BCUT2D eigenvalue weighted by molar-refractivity contribution is 0.0540. The van der Waals surface area contributed by atoms with Crippen molar-refractivity contribution in [1.29, 1.82) is 0 Å². The van der Waals surface area contributed by atoms with Gasteiger partial charge in [-0.05, 0) is 12.5 Å². The van der Waals surface area contributed by atoms with E-state index in [9.17, 15) is 14.7 Å². The number of aliphatic hydroxyl groups excluding tert-OH is 1. The van der Waals surface area contributed by atoms with Gasteiger partial charge in [0, 0.05) is 12.4 Å². The van der Waals surface area contributed by atoms with Gasteiger partial charge in [0.2, 0.25) is 0 Å². The first-order valence-electron chi connectivity index (χ1n) is 5.13. The lowest BCUT2D eigenvalue weighted by atomic mass is 10.2. The van der Waals surface area contributed by atoms with Gasteiger partial charge in [-0.3, -0.25) is 19.5 Å². The Hall–Kier alpha value is -1.75. The third-order valence-electron chi connectivity index (χ3n) is 2.64. The van der Waals surface area contributed by atoms with E-state index in [4.69, 9.17) is 0 Å². The van der Waals surface area contributed by atoms with E-state index in [0.29, 0.717) is 17.5 Å². The molecule has 2 heterocycles. The molecule has 1 unspecified atom stereocenters. The molecule has 2 rings (SSSR count). The number of carbonyl (C=O) groups excluding carboxylic acids is 2. The van der Waals surface area contributed by atoms with Gasteiger partial charge in [0.15, 0.2) is 0 Å². The molecule has 0 saturated carbocycles. The SMILES string of the molecule is CCC(O)CN1C(=O)c2ccncc2C1=O. The van der Waals surface area contributed by atoms with Crippen molar-refractivity contribution in [2.24, 2.45) is 0 Å². The largest absolute Gasteiger partial charge is 0.391 e. The zero-order chi connectivity index (χ0) is 11.7. The lowest BCUT2D eigenvalue weighted by Crippen LogP contribution is -2.36. The summed E-state index contributed by atoms with van der Waals surface area (Å²) < 4.78 is 0. The second-order valence-electron chi connectivity index (χ2n) is 3.70. The van der Waals surface area contributed by atoms with Crippen LogP contribution in [0.15, 0.2) is 18.5 Å². The first kappa shape index (κ1) is 10.8. The number of β-amino-alcohol motifs (C(OH)–C–C–N with tert-alkyl or cyclic N) is 1. The second kappa shape index (κ2) is 4.02. The summed E-state index contributed by atoms with van der Waals surface area (Å²) in [6.07, 6.45) is 2.69. The van der Waals surface area contributed by atoms with E-state index >= 15 is 0 Å². The Morgan fingerprint density at radius 2 is 2.06 bits per heavy atom. The summed E-state index contributed by atoms with van der Waals surface area (Å²) in [6.45, 7) is 1.84. The Labute approximate surface area is 92.7 Å². The molecule has 16 heavy (non-hydrogen) atoms. The number of carbonyl (C=O) groups is 2. The van der Waals surface area contributed by atoms with Crippen LogP contribution in [0.25, 0.3) is 0 Å². The van der Waals surface area contributed by atoms with Gasteiger partial charge >= 0.3 is 0 Å². The van der Waals surface area contributed by atoms with E-state index in [1.807, 2.05) is 0 Å². The number of aliphatic hydroxyl groups is 1. The molecule has 5 heteroatoms. The minimum atomic E-state index is -0.671. The molecule has 1 aliphatic rings. The molecule has 5 nitrogen and oxygen atoms in total. The van der Waals surface area contributed by atoms with Gasteiger partial charge in [-0.25, -0.2) is 0 Å². The van der Waals surface area contributed by atoms with Crippen molar-refractivity contribution in [3.05, 3.63) is 29.6 Å². The number of nitrogens with zero attached hydrogens (tertiary/aromatic N) is 2. The number of rotatable bonds is 3. The maximum atomic E-state index is 11.8. The minimum absolute atomic E-state index is 0.0445. The maximum Gasteiger partial charge on any atom is 0.263 e. The molecule has 0 saturated heterocycles. The van der Waals surface area contributed by atoms with E-state index in [-0.39, 0.29) is 18.4 Å². The van der Waals surface area contributed by atoms with Crippen molar-refractivity contribution in [2.75, 3.05) is 6.54 Å². The first-order chi connectivity index (χ1) is 7.65. The van der Waals surface area contributed by atoms with Crippen molar-refractivity contribution < 1.29 is 14.7 Å². The van der Waals surface area contributed by atoms with Crippen molar-refractivity contribution in [1.82, 2.24) is 9.88 Å². The Morgan fingerprint density at radius 3 is 2.69 bits per heavy atom. The molecule has 1 atom stereocenters. The monoisotopic (exact) mass is 220 g/mol. The molecule has 1 aromatic heterocycles. The molecular weight excluding hydrogens is 208 g/mol. The van der Waals surface area contributed by atoms with Crippen LogP contribution in [0.3, 0.4) is 0 Å². The number of fused-ring (bicyclic) bond motifs is 1. The molecule has 1 aromatic rings. The van der Waals surface area contributed by atoms with Gasteiger partial charge in [0.1, 0.15) is 0 Å². The lowest BCUT2D eigenvalue weighted by Gasteiger charge is -2.16. The Bertz CT molecular complexity index is 410. The van der Waals surface area contributed by atoms with Crippen LogP contribution in [-0.4, -0.2) is 39.5 Å². The third kappa shape index (κ3) is 1.59. The average molecular weight is 220 g/mol. The highest BCUT2D eigenvalue weighted by atomic mass is 16.3. The van der Waals surface area contributed by atoms with Gasteiger partial charge < -0.3 is 5.11 Å². The highest BCUT2D eigenvalue weighted by molar-refractivity contribution is 6.21. The van der Waals surface area contributed by atoms with E-state index < -0.39 is 6.10 Å². The molecule has 84 valence electrons. The number of amides is 2. The van der Waals surface area contributed by atoms with Crippen LogP contribution < -0.4 is 0 Å². The molecule has 0 aromatic carbocycles. The van der Waals surface area contributed by atoms with E-state index in [1.54, 1.807) is 6.92 Å². The summed E-state index contributed by atoms with van der Waals surface area (Å²) >= 11 is 0. The zero-order valence-corrected chi connectivity index (χ0v) is 8.88. The quantitative estimate of drug-likeness (QED) is 0.751. The molecule has 2 amide bonds. The standard InChI is InChI=1S/C11H12N2O3/c1-2-7(14)6-13-10(15)8-3-4-12-5-9(8)11(13)16/h3-5,7,14H,2,6H2,1H3. The molecular formula is C11H12N2O3. The molecule has 0 aliphatic carbocycles. The smallest absolute Gasteiger partial charge is 0.263 e. The van der Waals surface area contributed by atoms with Gasteiger partial charge in [-0.15, -0.1) is 0 Å². The van der Waals surface area contributed by atoms with Crippen molar-refractivity contribution in [3.63, 3.8) is 0 Å². The van der Waals surface area contributed by atoms with Gasteiger partial charge in [-0.1, -0.05) is 6.92 Å². The van der Waals surface area contributed by atoms with Crippen LogP contribution in [0.4, 0.5) is 0 Å². The fourth-order valence-corrected chi connectivity index (χ4v) is 1.64. The topological polar surface area (TPSA) is 70.5 Å². The van der Waals surface area contributed by atoms with Crippen molar-refractivity contribution >= 4 is 11.8 Å². The van der Waals surface area contributed by atoms with Gasteiger partial charge in [0.25, 0.3) is 11.8 Å². The number of hydrogen-bond acceptors (Lipinski definition) is 4. The zero-order valence-electron chi connectivity index (χ0n) is 8.88. The predicted molar refractivity (Wildman–Crippen MR) is 55.9 cm³/mol. The Balaban J connectivity index is 2.28. The molecule has 0 radical (unpaired) electrons. The van der Waals surface area contributed by atoms with Crippen LogP contribution in [0, 0.1) is 0 Å². The molecule has 1 N–H and O–H groups in total. The van der Waals surface area contributed by atoms with Crippen molar-refractivity contribution in [3.8, 4) is 0 Å². The van der Waals surface area contributed by atoms with Crippen LogP contribution in [-0.2, 0) is 0 Å². The summed E-state index contributed by atoms with van der Waals surface area (Å²) in [5.74, 6) is -0.726. The number of imide groups is 1. The number of aromatic nitrogens is 1. The summed E-state index contributed by atoms with van der Waals surface area (Å²) in [6, 6.07) is 1.52. The molecule has 1 aliphatic heterocycles. The van der Waals surface area contributed by atoms with Crippen LogP contribution in [0.5, 0.6) is 0 Å². The predicted octanol–water partition coefficient (Wildman–Crippen LogP) is 0.449.